The van der Waals surface area contributed by atoms with E-state index < -0.39 is 0 Å². The van der Waals surface area contributed by atoms with Crippen LogP contribution in [0.3, 0.4) is 0 Å². The molecule has 3 heterocycles. The molecule has 0 atom stereocenters. The molecule has 0 fully saturated rings. The molecule has 92 valence electrons. The normalized spacial score (nSPS) is 11.4. The smallest absolute Gasteiger partial charge is 0.151 e. The topological polar surface area (TPSA) is 31.0 Å². The Bertz CT molecular complexity index is 853. The highest BCUT2D eigenvalue weighted by Crippen LogP contribution is 2.30. The second-order valence-electron chi connectivity index (χ2n) is 4.64. The largest absolute Gasteiger partial charge is 0.455 e. The maximum Gasteiger partial charge on any atom is 0.151 e. The van der Waals surface area contributed by atoms with E-state index in [9.17, 15) is 0 Å². The van der Waals surface area contributed by atoms with Crippen LogP contribution in [0.25, 0.3) is 33.5 Å². The van der Waals surface area contributed by atoms with Crippen molar-refractivity contribution in [2.75, 3.05) is 0 Å². The van der Waals surface area contributed by atoms with Gasteiger partial charge in [0, 0.05) is 18.6 Å². The first kappa shape index (κ1) is 10.4. The van der Waals surface area contributed by atoms with E-state index in [4.69, 9.17) is 4.42 Å². The SMILES string of the molecule is Cn1c(-c2cc3ccccc3o2)cc2ncccc21. The molecule has 3 nitrogen and oxygen atoms in total. The molecule has 0 unspecified atom stereocenters. The minimum absolute atomic E-state index is 0.877. The first-order chi connectivity index (χ1) is 9.33. The van der Waals surface area contributed by atoms with Gasteiger partial charge in [-0.05, 0) is 30.3 Å². The van der Waals surface area contributed by atoms with Crippen LogP contribution in [0.5, 0.6) is 0 Å². The van der Waals surface area contributed by atoms with Gasteiger partial charge in [-0.25, -0.2) is 0 Å². The van der Waals surface area contributed by atoms with Crippen molar-refractivity contribution in [3.63, 3.8) is 0 Å². The quantitative estimate of drug-likeness (QED) is 0.510. The van der Waals surface area contributed by atoms with E-state index in [1.54, 1.807) is 0 Å². The summed E-state index contributed by atoms with van der Waals surface area (Å²) in [6.45, 7) is 0. The molecule has 4 aromatic rings. The summed E-state index contributed by atoms with van der Waals surface area (Å²) in [7, 11) is 2.03. The Kier molecular flexibility index (Phi) is 2.03. The van der Waals surface area contributed by atoms with Crippen molar-refractivity contribution in [3.05, 3.63) is 54.7 Å². The molecule has 3 aromatic heterocycles. The van der Waals surface area contributed by atoms with Gasteiger partial charge in [0.25, 0.3) is 0 Å². The average molecular weight is 248 g/mol. The Morgan fingerprint density at radius 3 is 2.79 bits per heavy atom. The summed E-state index contributed by atoms with van der Waals surface area (Å²) in [6, 6.07) is 16.2. The average Bonchev–Trinajstić information content (AvgIpc) is 3.00. The number of aryl methyl sites for hydroxylation is 1. The number of hydrogen-bond donors (Lipinski definition) is 0. The molecule has 0 bridgehead atoms. The van der Waals surface area contributed by atoms with Crippen LogP contribution < -0.4 is 0 Å². The molecule has 0 spiro atoms. The summed E-state index contributed by atoms with van der Waals surface area (Å²) < 4.78 is 8.03. The van der Waals surface area contributed by atoms with Crippen LogP contribution in [0.4, 0.5) is 0 Å². The van der Waals surface area contributed by atoms with Gasteiger partial charge >= 0.3 is 0 Å². The van der Waals surface area contributed by atoms with E-state index in [0.29, 0.717) is 0 Å². The van der Waals surface area contributed by atoms with Gasteiger partial charge in [0.2, 0.25) is 0 Å². The molecule has 3 heteroatoms. The van der Waals surface area contributed by atoms with Gasteiger partial charge in [-0.2, -0.15) is 0 Å². The summed E-state index contributed by atoms with van der Waals surface area (Å²) in [5.41, 5.74) is 4.05. The van der Waals surface area contributed by atoms with Crippen molar-refractivity contribution in [2.45, 2.75) is 0 Å². The van der Waals surface area contributed by atoms with Gasteiger partial charge in [-0.3, -0.25) is 4.98 Å². The fourth-order valence-electron chi connectivity index (χ4n) is 2.50. The van der Waals surface area contributed by atoms with Crippen molar-refractivity contribution < 1.29 is 4.42 Å². The molecule has 4 rings (SSSR count). The fraction of sp³-hybridized carbons (Fsp3) is 0.0625. The predicted molar refractivity (Wildman–Crippen MR) is 75.9 cm³/mol. The Hall–Kier alpha value is -2.55. The van der Waals surface area contributed by atoms with Crippen molar-refractivity contribution in [2.24, 2.45) is 7.05 Å². The van der Waals surface area contributed by atoms with Crippen LogP contribution in [0, 0.1) is 0 Å². The zero-order valence-electron chi connectivity index (χ0n) is 10.5. The summed E-state index contributed by atoms with van der Waals surface area (Å²) in [5.74, 6) is 0.877. The predicted octanol–water partition coefficient (Wildman–Crippen LogP) is 3.99. The lowest BCUT2D eigenvalue weighted by Gasteiger charge is -1.99. The van der Waals surface area contributed by atoms with Crippen molar-refractivity contribution >= 4 is 22.0 Å². The summed E-state index contributed by atoms with van der Waals surface area (Å²) in [5, 5.41) is 1.12. The summed E-state index contributed by atoms with van der Waals surface area (Å²) in [4.78, 5) is 4.38. The molecular weight excluding hydrogens is 236 g/mol. The third-order valence-corrected chi connectivity index (χ3v) is 3.49. The van der Waals surface area contributed by atoms with Gasteiger partial charge in [0.15, 0.2) is 5.76 Å². The Morgan fingerprint density at radius 1 is 1.05 bits per heavy atom. The Labute approximate surface area is 110 Å². The molecule has 0 saturated heterocycles. The van der Waals surface area contributed by atoms with E-state index in [-0.39, 0.29) is 0 Å². The number of hydrogen-bond acceptors (Lipinski definition) is 2. The van der Waals surface area contributed by atoms with E-state index >= 15 is 0 Å². The number of nitrogens with zero attached hydrogens (tertiary/aromatic N) is 2. The molecule has 0 aliphatic rings. The van der Waals surface area contributed by atoms with E-state index in [1.165, 1.54) is 0 Å². The zero-order valence-corrected chi connectivity index (χ0v) is 10.5. The number of pyridine rings is 1. The van der Waals surface area contributed by atoms with Gasteiger partial charge in [-0.15, -0.1) is 0 Å². The van der Waals surface area contributed by atoms with Crippen LogP contribution >= 0.6 is 0 Å². The standard InChI is InChI=1S/C16H12N2O/c1-18-13-6-4-8-17-12(13)10-14(18)16-9-11-5-2-3-7-15(11)19-16/h2-10H,1H3. The van der Waals surface area contributed by atoms with Crippen LogP contribution in [-0.2, 0) is 7.05 Å². The third-order valence-electron chi connectivity index (χ3n) is 3.49. The van der Waals surface area contributed by atoms with Gasteiger partial charge in [-0.1, -0.05) is 18.2 Å². The molecule has 0 amide bonds. The zero-order chi connectivity index (χ0) is 12.8. The third kappa shape index (κ3) is 1.48. The number of benzene rings is 1. The molecule has 0 N–H and O–H groups in total. The molecule has 0 aliphatic heterocycles. The van der Waals surface area contributed by atoms with Crippen LogP contribution in [0.15, 0.2) is 59.1 Å². The second kappa shape index (κ2) is 3.72. The lowest BCUT2D eigenvalue weighted by molar-refractivity contribution is 0.625. The number of furan rings is 1. The van der Waals surface area contributed by atoms with Crippen LogP contribution in [-0.4, -0.2) is 9.55 Å². The van der Waals surface area contributed by atoms with Crippen molar-refractivity contribution in [1.29, 1.82) is 0 Å². The van der Waals surface area contributed by atoms with E-state index in [2.05, 4.69) is 33.8 Å². The fourth-order valence-corrected chi connectivity index (χ4v) is 2.50. The number of rotatable bonds is 1. The Balaban J connectivity index is 2.01. The lowest BCUT2D eigenvalue weighted by Crippen LogP contribution is -1.89. The molecule has 0 aliphatic carbocycles. The molecule has 19 heavy (non-hydrogen) atoms. The van der Waals surface area contributed by atoms with Crippen LogP contribution in [0.1, 0.15) is 0 Å². The first-order valence-corrected chi connectivity index (χ1v) is 6.22. The van der Waals surface area contributed by atoms with E-state index in [0.717, 1.165) is 33.5 Å². The minimum atomic E-state index is 0.877. The summed E-state index contributed by atoms with van der Waals surface area (Å²) in [6.07, 6.45) is 1.81. The van der Waals surface area contributed by atoms with Crippen LogP contribution in [0.2, 0.25) is 0 Å². The monoisotopic (exact) mass is 248 g/mol. The highest BCUT2D eigenvalue weighted by atomic mass is 16.3. The second-order valence-corrected chi connectivity index (χ2v) is 4.64. The number of fused-ring (bicyclic) bond motifs is 2. The van der Waals surface area contributed by atoms with Gasteiger partial charge in [0.05, 0.1) is 16.7 Å². The molecule has 1 aromatic carbocycles. The number of aromatic nitrogens is 2. The van der Waals surface area contributed by atoms with E-state index in [1.807, 2.05) is 37.5 Å². The minimum Gasteiger partial charge on any atom is -0.455 e. The molecule has 0 saturated carbocycles. The van der Waals surface area contributed by atoms with Crippen molar-refractivity contribution in [3.8, 4) is 11.5 Å². The van der Waals surface area contributed by atoms with Crippen molar-refractivity contribution in [1.82, 2.24) is 9.55 Å². The van der Waals surface area contributed by atoms with Gasteiger partial charge < -0.3 is 8.98 Å². The Morgan fingerprint density at radius 2 is 1.95 bits per heavy atom. The van der Waals surface area contributed by atoms with Gasteiger partial charge in [0.1, 0.15) is 5.58 Å². The maximum absolute atomic E-state index is 5.92. The molecular formula is C16H12N2O. The highest BCUT2D eigenvalue weighted by molar-refractivity contribution is 5.87. The maximum atomic E-state index is 5.92. The summed E-state index contributed by atoms with van der Waals surface area (Å²) >= 11 is 0. The number of para-hydroxylation sites is 1. The first-order valence-electron chi connectivity index (χ1n) is 6.22. The highest BCUT2D eigenvalue weighted by Gasteiger charge is 2.12. The lowest BCUT2D eigenvalue weighted by atomic mass is 10.2. The molecule has 0 radical (unpaired) electrons.